The van der Waals surface area contributed by atoms with Crippen LogP contribution in [0.5, 0.6) is 0 Å². The van der Waals surface area contributed by atoms with Gasteiger partial charge < -0.3 is 5.73 Å². The Morgan fingerprint density at radius 3 is 2.00 bits per heavy atom. The van der Waals surface area contributed by atoms with Gasteiger partial charge in [0.2, 0.25) is 0 Å². The molecule has 1 aromatic rings. The third-order valence-electron chi connectivity index (χ3n) is 2.37. The predicted octanol–water partition coefficient (Wildman–Crippen LogP) is 3.45. The second kappa shape index (κ2) is 5.66. The van der Waals surface area contributed by atoms with Crippen molar-refractivity contribution < 1.29 is 26.3 Å². The highest BCUT2D eigenvalue weighted by molar-refractivity contribution is 9.10. The van der Waals surface area contributed by atoms with Gasteiger partial charge in [-0.3, -0.25) is 4.98 Å². The zero-order valence-electron chi connectivity index (χ0n) is 9.26. The van der Waals surface area contributed by atoms with Crippen LogP contribution in [0.4, 0.5) is 26.3 Å². The van der Waals surface area contributed by atoms with E-state index in [-0.39, 0.29) is 5.69 Å². The van der Waals surface area contributed by atoms with E-state index in [1.807, 2.05) is 0 Å². The van der Waals surface area contributed by atoms with Crippen LogP contribution in [-0.2, 0) is 6.42 Å². The highest BCUT2D eigenvalue weighted by Gasteiger charge is 2.59. The third kappa shape index (κ3) is 4.64. The minimum absolute atomic E-state index is 0.0641. The number of nitrogens with two attached hydrogens (primary N) is 1. The molecule has 1 unspecified atom stereocenters. The average Bonchev–Trinajstić information content (AvgIpc) is 2.16. The highest BCUT2D eigenvalue weighted by Crippen LogP contribution is 2.41. The molecule has 2 N–H and O–H groups in total. The molecule has 0 fully saturated rings. The van der Waals surface area contributed by atoms with Crippen LogP contribution in [0.15, 0.2) is 22.8 Å². The zero-order valence-corrected chi connectivity index (χ0v) is 10.9. The molecule has 19 heavy (non-hydrogen) atoms. The molecule has 0 aliphatic heterocycles. The number of halogens is 7. The van der Waals surface area contributed by atoms with Gasteiger partial charge in [0.05, 0.1) is 0 Å². The molecule has 1 aromatic heterocycles. The lowest BCUT2D eigenvalue weighted by atomic mass is 9.95. The topological polar surface area (TPSA) is 38.9 Å². The third-order valence-corrected chi connectivity index (χ3v) is 2.84. The quantitative estimate of drug-likeness (QED) is 0.848. The first-order valence-corrected chi connectivity index (χ1v) is 5.80. The number of pyridine rings is 1. The Bertz CT molecular complexity index is 400. The summed E-state index contributed by atoms with van der Waals surface area (Å²) in [6, 6.07) is 0.646. The van der Waals surface area contributed by atoms with Gasteiger partial charge in [-0.25, -0.2) is 0 Å². The van der Waals surface area contributed by atoms with E-state index >= 15 is 0 Å². The van der Waals surface area contributed by atoms with Gasteiger partial charge in [-0.1, -0.05) is 0 Å². The maximum absolute atomic E-state index is 12.4. The molecule has 0 aromatic carbocycles. The molecule has 0 radical (unpaired) electrons. The van der Waals surface area contributed by atoms with Crippen molar-refractivity contribution in [1.82, 2.24) is 4.98 Å². The lowest BCUT2D eigenvalue weighted by molar-refractivity contribution is -0.289. The van der Waals surface area contributed by atoms with Crippen LogP contribution in [0.25, 0.3) is 0 Å². The van der Waals surface area contributed by atoms with Gasteiger partial charge in [0, 0.05) is 28.8 Å². The maximum Gasteiger partial charge on any atom is 0.402 e. The second-order valence-electron chi connectivity index (χ2n) is 3.90. The Morgan fingerprint density at radius 2 is 1.63 bits per heavy atom. The first-order chi connectivity index (χ1) is 8.51. The summed E-state index contributed by atoms with van der Waals surface area (Å²) < 4.78 is 75.0. The van der Waals surface area contributed by atoms with Crippen molar-refractivity contribution in [2.24, 2.45) is 11.7 Å². The van der Waals surface area contributed by atoms with Crippen LogP contribution in [0, 0.1) is 5.92 Å². The van der Waals surface area contributed by atoms with Crippen LogP contribution in [0.3, 0.4) is 0 Å². The van der Waals surface area contributed by atoms with Crippen molar-refractivity contribution in [3.8, 4) is 0 Å². The molecule has 108 valence electrons. The molecule has 1 atom stereocenters. The van der Waals surface area contributed by atoms with Crippen molar-refractivity contribution in [3.63, 3.8) is 0 Å². The maximum atomic E-state index is 12.4. The first-order valence-electron chi connectivity index (χ1n) is 5.01. The standard InChI is InChI=1S/C10H9BrF6N2/c11-5-1-2-6(19-4-5)3-7(18)8(9(12,13)14)10(15,16)17/h1-2,4,7-8H,3,18H2. The van der Waals surface area contributed by atoms with E-state index < -0.39 is 30.7 Å². The largest absolute Gasteiger partial charge is 0.402 e. The van der Waals surface area contributed by atoms with Crippen LogP contribution < -0.4 is 5.73 Å². The summed E-state index contributed by atoms with van der Waals surface area (Å²) in [5.74, 6) is -3.56. The summed E-state index contributed by atoms with van der Waals surface area (Å²) in [5.41, 5.74) is 5.13. The van der Waals surface area contributed by atoms with Crippen LogP contribution >= 0.6 is 15.9 Å². The summed E-state index contributed by atoms with van der Waals surface area (Å²) in [5, 5.41) is 0. The molecule has 0 bridgehead atoms. The molecule has 2 nitrogen and oxygen atoms in total. The summed E-state index contributed by atoms with van der Waals surface area (Å²) in [6.45, 7) is 0. The summed E-state index contributed by atoms with van der Waals surface area (Å²) in [4.78, 5) is 3.70. The van der Waals surface area contributed by atoms with Gasteiger partial charge in [0.25, 0.3) is 0 Å². The van der Waals surface area contributed by atoms with E-state index in [9.17, 15) is 26.3 Å². The number of alkyl halides is 6. The summed E-state index contributed by atoms with van der Waals surface area (Å²) in [7, 11) is 0. The minimum atomic E-state index is -5.44. The lowest BCUT2D eigenvalue weighted by Crippen LogP contribution is -2.49. The van der Waals surface area contributed by atoms with Gasteiger partial charge in [-0.05, 0) is 28.1 Å². The Kier molecular flexibility index (Phi) is 4.83. The minimum Gasteiger partial charge on any atom is -0.326 e. The summed E-state index contributed by atoms with van der Waals surface area (Å²) >= 11 is 3.05. The fourth-order valence-electron chi connectivity index (χ4n) is 1.56. The Hall–Kier alpha value is -0.830. The number of nitrogens with zero attached hydrogens (tertiary/aromatic N) is 1. The van der Waals surface area contributed by atoms with E-state index in [4.69, 9.17) is 5.73 Å². The molecule has 0 saturated carbocycles. The molecule has 9 heteroatoms. The number of aromatic nitrogens is 1. The Labute approximate surface area is 113 Å². The van der Waals surface area contributed by atoms with Gasteiger partial charge in [0.1, 0.15) is 0 Å². The monoisotopic (exact) mass is 350 g/mol. The van der Waals surface area contributed by atoms with Crippen molar-refractivity contribution in [2.75, 3.05) is 0 Å². The van der Waals surface area contributed by atoms with E-state index in [0.717, 1.165) is 0 Å². The molecule has 1 heterocycles. The van der Waals surface area contributed by atoms with E-state index in [1.165, 1.54) is 18.3 Å². The Morgan fingerprint density at radius 1 is 1.11 bits per heavy atom. The lowest BCUT2D eigenvalue weighted by Gasteiger charge is -2.27. The van der Waals surface area contributed by atoms with Gasteiger partial charge in [-0.15, -0.1) is 0 Å². The van der Waals surface area contributed by atoms with Crippen LogP contribution in [0.2, 0.25) is 0 Å². The molecule has 1 rings (SSSR count). The molecule has 0 spiro atoms. The smallest absolute Gasteiger partial charge is 0.326 e. The fraction of sp³-hybridized carbons (Fsp3) is 0.500. The molecule has 0 aliphatic rings. The second-order valence-corrected chi connectivity index (χ2v) is 4.81. The number of hydrogen-bond donors (Lipinski definition) is 1. The van der Waals surface area contributed by atoms with E-state index in [0.29, 0.717) is 4.47 Å². The SMILES string of the molecule is NC(Cc1ccc(Br)cn1)C(C(F)(F)F)C(F)(F)F. The molecule has 0 aliphatic carbocycles. The number of hydrogen-bond acceptors (Lipinski definition) is 2. The van der Waals surface area contributed by atoms with Gasteiger partial charge in [-0.2, -0.15) is 26.3 Å². The van der Waals surface area contributed by atoms with E-state index in [2.05, 4.69) is 20.9 Å². The van der Waals surface area contributed by atoms with Crippen molar-refractivity contribution in [3.05, 3.63) is 28.5 Å². The highest BCUT2D eigenvalue weighted by atomic mass is 79.9. The molecular weight excluding hydrogens is 342 g/mol. The molecule has 0 saturated heterocycles. The average molecular weight is 351 g/mol. The van der Waals surface area contributed by atoms with Crippen LogP contribution in [-0.4, -0.2) is 23.4 Å². The van der Waals surface area contributed by atoms with Gasteiger partial charge in [0.15, 0.2) is 5.92 Å². The van der Waals surface area contributed by atoms with Crippen molar-refractivity contribution in [1.29, 1.82) is 0 Å². The van der Waals surface area contributed by atoms with Crippen LogP contribution in [0.1, 0.15) is 5.69 Å². The van der Waals surface area contributed by atoms with E-state index in [1.54, 1.807) is 0 Å². The van der Waals surface area contributed by atoms with Crippen molar-refractivity contribution >= 4 is 15.9 Å². The fourth-order valence-corrected chi connectivity index (χ4v) is 1.79. The Balaban J connectivity index is 2.89. The predicted molar refractivity (Wildman–Crippen MR) is 59.2 cm³/mol. The molecule has 0 amide bonds. The number of rotatable bonds is 3. The first kappa shape index (κ1) is 16.2. The summed E-state index contributed by atoms with van der Waals surface area (Å²) in [6.07, 6.45) is -10.2. The normalized spacial score (nSPS) is 14.8. The zero-order chi connectivity index (χ0) is 14.8. The molecular formula is C10H9BrF6N2. The van der Waals surface area contributed by atoms with Gasteiger partial charge >= 0.3 is 12.4 Å². The van der Waals surface area contributed by atoms with Crippen molar-refractivity contribution in [2.45, 2.75) is 24.8 Å².